The van der Waals surface area contributed by atoms with Gasteiger partial charge < -0.3 is 92.4 Å². The van der Waals surface area contributed by atoms with Gasteiger partial charge in [-0.25, -0.2) is 0 Å². The van der Waals surface area contributed by atoms with Gasteiger partial charge >= 0.3 is 13.9 Å². The Balaban J connectivity index is 0.595. The van der Waals surface area contributed by atoms with Crippen LogP contribution in [0.5, 0.6) is 23.0 Å². The van der Waals surface area contributed by atoms with Crippen LogP contribution in [0, 0.1) is 17.4 Å². The van der Waals surface area contributed by atoms with E-state index in [9.17, 15) is 0 Å². The van der Waals surface area contributed by atoms with Crippen LogP contribution in [-0.2, 0) is 54.7 Å². The molecule has 0 radical (unpaired) electrons. The Hall–Kier alpha value is -10.0. The average Bonchev–Trinajstić information content (AvgIpc) is 1.53. The van der Waals surface area contributed by atoms with Crippen molar-refractivity contribution in [2.24, 2.45) is 0 Å². The van der Waals surface area contributed by atoms with Gasteiger partial charge in [-0.1, -0.05) is 117 Å². The number of hydrogen-bond acceptors (Lipinski definition) is 18. The number of nitrogens with zero attached hydrogens (tertiary/aromatic N) is 12. The molecular weight excluding hydrogens is 1870 g/mol. The third-order valence-corrected chi connectivity index (χ3v) is 26.7. The van der Waals surface area contributed by atoms with Crippen molar-refractivity contribution in [3.63, 3.8) is 0 Å². The second-order valence-electron chi connectivity index (χ2n) is 30.7. The van der Waals surface area contributed by atoms with Crippen molar-refractivity contribution in [3.8, 4) is 23.0 Å². The summed E-state index contributed by atoms with van der Waals surface area (Å²) in [5, 5.41) is 17.6. The molecule has 14 rings (SSSR count). The number of ether oxygens (including phenoxy) is 10. The van der Waals surface area contributed by atoms with Gasteiger partial charge in [0.1, 0.15) is 60.8 Å². The third kappa shape index (κ3) is 22.0. The lowest BCUT2D eigenvalue weighted by molar-refractivity contribution is -0.362. The Bertz CT molecular complexity index is 5810. The number of hydrogen-bond donors (Lipinski definition) is 0. The molecule has 0 unspecified atom stereocenters. The zero-order valence-electron chi connectivity index (χ0n) is 72.2. The Kier molecular flexibility index (Phi) is 31.6. The number of anilines is 2. The molecule has 658 valence electrons. The monoisotopic (exact) mass is 1970 g/mol. The van der Waals surface area contributed by atoms with Crippen LogP contribution >= 0.6 is 66.8 Å². The molecule has 0 saturated carbocycles. The maximum Gasteiger partial charge on any atom is 0.737 e. The van der Waals surface area contributed by atoms with E-state index >= 15 is 17.3 Å². The van der Waals surface area contributed by atoms with Crippen LogP contribution in [0.2, 0.25) is 0 Å². The SMILES string of the molecule is COCCOCCOCCOc1ccc(/C=C/C2=[N+]3C(=C(c4ccc(OCc5cn(CCSSCCn6cc(COc7ccc(C8=C9C(C)=CC(/C=C/c%10ccc(N(C)C)cc%10)=[N+]9[B-](F)(F)n9c(/C=C/c%10ccc(N(C)C)cc%10)cc(C)c98)cc7)nn6)nn5)cc4)c4c(C)c(I)c(/C=C/c5ccc(OCCOCCOCCOC)cc5)n4[B-]3(F)F)C(C)=C2I)cc1. The van der Waals surface area contributed by atoms with Gasteiger partial charge in [0.2, 0.25) is 0 Å². The molecule has 0 aliphatic carbocycles. The van der Waals surface area contributed by atoms with Gasteiger partial charge in [-0.05, 0) is 221 Å². The van der Waals surface area contributed by atoms with Crippen LogP contribution in [-0.4, -0.2) is 206 Å². The summed E-state index contributed by atoms with van der Waals surface area (Å²) < 4.78 is 139. The lowest BCUT2D eigenvalue weighted by atomic mass is 9.83. The molecule has 0 spiro atoms. The van der Waals surface area contributed by atoms with Gasteiger partial charge in [-0.15, -0.1) is 10.2 Å². The quantitative estimate of drug-likeness (QED) is 0.0116. The topological polar surface area (TPSA) is 176 Å². The molecule has 4 aliphatic rings. The van der Waals surface area contributed by atoms with E-state index in [-0.39, 0.29) is 13.2 Å². The summed E-state index contributed by atoms with van der Waals surface area (Å²) in [4.78, 5) is 4.04. The highest BCUT2D eigenvalue weighted by Gasteiger charge is 2.58. The summed E-state index contributed by atoms with van der Waals surface area (Å²) in [6, 6.07) is 48.1. The first-order chi connectivity index (χ1) is 61.1. The van der Waals surface area contributed by atoms with E-state index in [1.54, 1.807) is 69.5 Å². The van der Waals surface area contributed by atoms with Gasteiger partial charge in [0.15, 0.2) is 22.8 Å². The first-order valence-electron chi connectivity index (χ1n) is 41.6. The van der Waals surface area contributed by atoms with Crippen LogP contribution in [0.15, 0.2) is 208 Å². The normalized spacial score (nSPS) is 14.7. The molecule has 22 nitrogen and oxygen atoms in total. The summed E-state index contributed by atoms with van der Waals surface area (Å²) in [5.74, 6) is 4.02. The fourth-order valence-corrected chi connectivity index (χ4v) is 18.6. The standard InChI is InChI=1S/C94H102B2F4I2N12O10S2/c1-65-59-79(31-15-69-11-27-77(28-12-69)107(5)6)111-91(65)87(92-66(2)60-80(112(92)95(111,97)98)32-16-70-13-29-78(30-14-70)108(7)8)73-23-37-83(38-24-73)123-63-75-61-109(105-103-75)43-57-125-126-58-44-110-62-76(104-106-110)64-124-84-39-25-74(26-40-84)88-93-67(3)89(101)85(41-21-71-17-33-81(34-18-71)121-55-53-119-51-49-117-47-45-115-9)113(93)96(99,100)114-86(90(102)68(4)94(88)114)42-22-72-19-35-82(36-20-72)122-56-54-120-52-50-118-48-46-116-10/h11-42,59-62H,43-58,63-64H2,1-10H3/b31-15+,32-16+,41-21+,42-22+. The van der Waals surface area contributed by atoms with E-state index in [2.05, 4.69) is 65.8 Å². The predicted octanol–water partition coefficient (Wildman–Crippen LogP) is 18.5. The van der Waals surface area contributed by atoms with Crippen molar-refractivity contribution < 1.29 is 73.6 Å². The van der Waals surface area contributed by atoms with E-state index in [4.69, 9.17) is 47.4 Å². The van der Waals surface area contributed by atoms with Gasteiger partial charge in [0, 0.05) is 121 Å². The molecule has 0 atom stereocenters. The zero-order valence-corrected chi connectivity index (χ0v) is 78.1. The van der Waals surface area contributed by atoms with E-state index in [0.29, 0.717) is 191 Å². The summed E-state index contributed by atoms with van der Waals surface area (Å²) in [6.45, 7) is 5.66. The molecule has 8 heterocycles. The van der Waals surface area contributed by atoms with Gasteiger partial charge in [-0.3, -0.25) is 9.36 Å². The van der Waals surface area contributed by atoms with Crippen molar-refractivity contribution in [2.75, 3.05) is 143 Å². The molecule has 0 amide bonds. The average molecular weight is 1980 g/mol. The summed E-state index contributed by atoms with van der Waals surface area (Å²) in [7, 11) is 14.6. The predicted molar refractivity (Wildman–Crippen MR) is 516 cm³/mol. The molecule has 4 aliphatic heterocycles. The van der Waals surface area contributed by atoms with Crippen molar-refractivity contribution >= 4 is 151 Å². The smallest absolute Gasteiger partial charge is 0.491 e. The van der Waals surface area contributed by atoms with E-state index in [0.717, 1.165) is 78.5 Å². The second kappa shape index (κ2) is 43.2. The Morgan fingerprint density at radius 2 is 0.865 bits per heavy atom. The van der Waals surface area contributed by atoms with Crippen LogP contribution in [0.3, 0.4) is 0 Å². The minimum Gasteiger partial charge on any atom is -0.491 e. The highest BCUT2D eigenvalue weighted by atomic mass is 127. The van der Waals surface area contributed by atoms with E-state index < -0.39 is 13.9 Å². The molecule has 0 fully saturated rings. The van der Waals surface area contributed by atoms with Crippen molar-refractivity contribution in [1.29, 1.82) is 0 Å². The second-order valence-corrected chi connectivity index (χ2v) is 35.6. The summed E-state index contributed by atoms with van der Waals surface area (Å²) in [5.41, 5.74) is 16.0. The molecule has 0 N–H and O–H groups in total. The molecular formula is C94H102B2F4I2N12O10S2. The molecule has 0 bridgehead atoms. The van der Waals surface area contributed by atoms with Crippen molar-refractivity contribution in [3.05, 3.63) is 291 Å². The van der Waals surface area contributed by atoms with Crippen molar-refractivity contribution in [1.82, 2.24) is 38.9 Å². The van der Waals surface area contributed by atoms with Crippen LogP contribution in [0.4, 0.5) is 28.6 Å². The van der Waals surface area contributed by atoms with Crippen molar-refractivity contribution in [2.45, 2.75) is 54.0 Å². The van der Waals surface area contributed by atoms with Gasteiger partial charge in [0.25, 0.3) is 0 Å². The number of rotatable bonds is 45. The largest absolute Gasteiger partial charge is 0.737 e. The Morgan fingerprint density at radius 1 is 0.452 bits per heavy atom. The van der Waals surface area contributed by atoms with Gasteiger partial charge in [-0.2, -0.15) is 0 Å². The maximum atomic E-state index is 18.4. The summed E-state index contributed by atoms with van der Waals surface area (Å²) in [6.07, 6.45) is 20.2. The van der Waals surface area contributed by atoms with E-state index in [1.165, 1.54) is 17.9 Å². The lowest BCUT2D eigenvalue weighted by Gasteiger charge is -2.34. The zero-order chi connectivity index (χ0) is 88.4. The van der Waals surface area contributed by atoms with Crippen LogP contribution < -0.4 is 28.7 Å². The molecule has 6 aromatic carbocycles. The maximum absolute atomic E-state index is 18.4. The number of halogens is 6. The highest BCUT2D eigenvalue weighted by molar-refractivity contribution is 14.1. The van der Waals surface area contributed by atoms with Crippen LogP contribution in [0.1, 0.15) is 92.5 Å². The number of methoxy groups -OCH3 is 2. The number of allylic oxidation sites excluding steroid dienone is 6. The minimum absolute atomic E-state index is 0.156. The lowest BCUT2D eigenvalue weighted by Crippen LogP contribution is -2.51. The summed E-state index contributed by atoms with van der Waals surface area (Å²) >= 11 is 4.42. The molecule has 126 heavy (non-hydrogen) atoms. The fraction of sp³-hybridized carbons (Fsp3) is 0.298. The van der Waals surface area contributed by atoms with Crippen LogP contribution in [0.25, 0.3) is 47.6 Å². The van der Waals surface area contributed by atoms with E-state index in [1.807, 2.05) is 260 Å². The number of benzene rings is 6. The highest BCUT2D eigenvalue weighted by Crippen LogP contribution is 2.50. The molecule has 0 saturated heterocycles. The molecule has 32 heteroatoms. The first-order valence-corrected chi connectivity index (χ1v) is 46.3. The number of fused-ring (bicyclic) bond motifs is 4. The first kappa shape index (κ1) is 92.2. The minimum atomic E-state index is -4.52. The number of aromatic nitrogens is 8. The number of aryl methyl sites for hydroxylation is 3. The fourth-order valence-electron chi connectivity index (χ4n) is 15.2. The Morgan fingerprint density at radius 3 is 1.34 bits per heavy atom. The van der Waals surface area contributed by atoms with Gasteiger partial charge in [0.05, 0.1) is 106 Å². The molecule has 4 aromatic heterocycles. The molecule has 10 aromatic rings. The Labute approximate surface area is 768 Å². The third-order valence-electron chi connectivity index (χ3n) is 21.6.